The minimum Gasteiger partial charge on any atom is -0.497 e. The lowest BCUT2D eigenvalue weighted by atomic mass is 9.99. The quantitative estimate of drug-likeness (QED) is 0.685. The van der Waals surface area contributed by atoms with Gasteiger partial charge in [0, 0.05) is 5.56 Å². The molecular weight excluding hydrogens is 371 g/mol. The van der Waals surface area contributed by atoms with Crippen LogP contribution < -0.4 is 10.1 Å². The van der Waals surface area contributed by atoms with Crippen molar-refractivity contribution in [2.24, 2.45) is 0 Å². The zero-order valence-corrected chi connectivity index (χ0v) is 15.6. The summed E-state index contributed by atoms with van der Waals surface area (Å²) in [5.41, 5.74) is 2.49. The summed E-state index contributed by atoms with van der Waals surface area (Å²) in [6.45, 7) is 0. The molecule has 144 valence electrons. The van der Waals surface area contributed by atoms with Gasteiger partial charge in [-0.3, -0.25) is 0 Å². The molecule has 2 aromatic carbocycles. The van der Waals surface area contributed by atoms with Crippen molar-refractivity contribution in [3.8, 4) is 17.6 Å². The maximum absolute atomic E-state index is 13.3. The Morgan fingerprint density at radius 3 is 2.72 bits per heavy atom. The van der Waals surface area contributed by atoms with E-state index < -0.39 is 18.2 Å². The summed E-state index contributed by atoms with van der Waals surface area (Å²) in [7, 11) is 1.58. The van der Waals surface area contributed by atoms with E-state index in [1.165, 1.54) is 12.1 Å². The van der Waals surface area contributed by atoms with E-state index in [9.17, 15) is 9.18 Å². The van der Waals surface area contributed by atoms with Crippen LogP contribution in [-0.2, 0) is 4.74 Å². The summed E-state index contributed by atoms with van der Waals surface area (Å²) in [5, 5.41) is 2.80. The summed E-state index contributed by atoms with van der Waals surface area (Å²) >= 11 is 0. The van der Waals surface area contributed by atoms with E-state index >= 15 is 0 Å². The number of nitrogens with one attached hydrogen (secondary N) is 1. The second kappa shape index (κ2) is 8.03. The standard InChI is InChI=1S/C23H17FN2O3/c1-28-19-9-3-6-16(14-19)22-21(26-23(27)29-22)20-10-4-8-18(25-20)12-11-15-5-2-7-17(24)13-15/h2-10,13-14,21-22H,1H3,(H,26,27)/t21-,22-/m1/s1. The molecule has 2 atom stereocenters. The summed E-state index contributed by atoms with van der Waals surface area (Å²) < 4.78 is 24.0. The van der Waals surface area contributed by atoms with Crippen LogP contribution >= 0.6 is 0 Å². The van der Waals surface area contributed by atoms with Crippen molar-refractivity contribution in [3.05, 3.63) is 95.1 Å². The third-order valence-electron chi connectivity index (χ3n) is 4.48. The second-order valence-electron chi connectivity index (χ2n) is 6.43. The van der Waals surface area contributed by atoms with Crippen LogP contribution in [0.25, 0.3) is 0 Å². The van der Waals surface area contributed by atoms with Crippen molar-refractivity contribution in [1.82, 2.24) is 10.3 Å². The molecule has 1 aliphatic rings. The van der Waals surface area contributed by atoms with Gasteiger partial charge in [-0.15, -0.1) is 0 Å². The number of nitrogens with zero attached hydrogens (tertiary/aromatic N) is 1. The molecule has 0 radical (unpaired) electrons. The largest absolute Gasteiger partial charge is 0.497 e. The number of aromatic nitrogens is 1. The van der Waals surface area contributed by atoms with Crippen molar-refractivity contribution < 1.29 is 18.7 Å². The lowest BCUT2D eigenvalue weighted by Crippen LogP contribution is -2.20. The first-order valence-electron chi connectivity index (χ1n) is 8.98. The molecule has 0 bridgehead atoms. The molecule has 1 aromatic heterocycles. The highest BCUT2D eigenvalue weighted by Crippen LogP contribution is 2.36. The minimum absolute atomic E-state index is 0.342. The van der Waals surface area contributed by atoms with Crippen LogP contribution in [0.5, 0.6) is 5.75 Å². The number of halogens is 1. The lowest BCUT2D eigenvalue weighted by Gasteiger charge is -2.17. The number of carbonyl (C=O) groups is 1. The molecule has 1 saturated heterocycles. The van der Waals surface area contributed by atoms with Gasteiger partial charge in [0.25, 0.3) is 0 Å². The normalized spacial score (nSPS) is 17.7. The number of hydrogen-bond donors (Lipinski definition) is 1. The van der Waals surface area contributed by atoms with Crippen LogP contribution in [0.4, 0.5) is 9.18 Å². The van der Waals surface area contributed by atoms with Gasteiger partial charge in [-0.05, 0) is 53.9 Å². The fraction of sp³-hybridized carbons (Fsp3) is 0.130. The van der Waals surface area contributed by atoms with Gasteiger partial charge < -0.3 is 14.8 Å². The number of carbonyl (C=O) groups excluding carboxylic acids is 1. The minimum atomic E-state index is -0.545. The summed E-state index contributed by atoms with van der Waals surface area (Å²) in [4.78, 5) is 16.5. The first-order chi connectivity index (χ1) is 14.1. The number of amides is 1. The Balaban J connectivity index is 1.63. The molecule has 4 rings (SSSR count). The predicted molar refractivity (Wildman–Crippen MR) is 105 cm³/mol. The van der Waals surface area contributed by atoms with E-state index in [-0.39, 0.29) is 5.82 Å². The molecular formula is C23H17FN2O3. The Morgan fingerprint density at radius 2 is 1.90 bits per heavy atom. The van der Waals surface area contributed by atoms with Gasteiger partial charge in [-0.25, -0.2) is 14.2 Å². The van der Waals surface area contributed by atoms with Crippen LogP contribution in [0.15, 0.2) is 66.7 Å². The molecule has 1 aliphatic heterocycles. The van der Waals surface area contributed by atoms with Crippen LogP contribution in [-0.4, -0.2) is 18.2 Å². The van der Waals surface area contributed by atoms with Crippen LogP contribution in [0, 0.1) is 17.7 Å². The van der Waals surface area contributed by atoms with E-state index in [4.69, 9.17) is 9.47 Å². The van der Waals surface area contributed by atoms with Gasteiger partial charge >= 0.3 is 6.09 Å². The number of benzene rings is 2. The average molecular weight is 388 g/mol. The molecule has 1 amide bonds. The zero-order valence-electron chi connectivity index (χ0n) is 15.6. The van der Waals surface area contributed by atoms with Gasteiger partial charge in [0.15, 0.2) is 6.10 Å². The SMILES string of the molecule is COc1cccc([C@H]2OC(=O)N[C@@H]2c2cccc(C#Cc3cccc(F)c3)n2)c1. The fourth-order valence-electron chi connectivity index (χ4n) is 3.12. The molecule has 0 spiro atoms. The Kier molecular flexibility index (Phi) is 5.12. The van der Waals surface area contributed by atoms with Crippen molar-refractivity contribution in [3.63, 3.8) is 0 Å². The Bertz CT molecular complexity index is 1120. The summed E-state index contributed by atoms with van der Waals surface area (Å²) in [6, 6.07) is 18.3. The summed E-state index contributed by atoms with van der Waals surface area (Å²) in [6.07, 6.45) is -1.06. The third-order valence-corrected chi connectivity index (χ3v) is 4.48. The molecule has 1 N–H and O–H groups in total. The predicted octanol–water partition coefficient (Wildman–Crippen LogP) is 4.15. The van der Waals surface area contributed by atoms with Crippen LogP contribution in [0.2, 0.25) is 0 Å². The molecule has 1 fully saturated rings. The highest BCUT2D eigenvalue weighted by molar-refractivity contribution is 5.71. The molecule has 3 aromatic rings. The molecule has 0 aliphatic carbocycles. The first kappa shape index (κ1) is 18.5. The van der Waals surface area contributed by atoms with Crippen molar-refractivity contribution >= 4 is 6.09 Å². The Hall–Kier alpha value is -3.85. The van der Waals surface area contributed by atoms with Gasteiger partial charge in [0.1, 0.15) is 23.3 Å². The molecule has 29 heavy (non-hydrogen) atoms. The maximum Gasteiger partial charge on any atom is 0.408 e. The fourth-order valence-corrected chi connectivity index (χ4v) is 3.12. The molecule has 2 heterocycles. The van der Waals surface area contributed by atoms with Gasteiger partial charge in [0.05, 0.1) is 12.8 Å². The summed E-state index contributed by atoms with van der Waals surface area (Å²) in [5.74, 6) is 6.16. The smallest absolute Gasteiger partial charge is 0.408 e. The number of hydrogen-bond acceptors (Lipinski definition) is 4. The molecule has 5 nitrogen and oxygen atoms in total. The van der Waals surface area contributed by atoms with E-state index in [2.05, 4.69) is 22.1 Å². The number of cyclic esters (lactones) is 1. The number of ether oxygens (including phenoxy) is 2. The lowest BCUT2D eigenvalue weighted by molar-refractivity contribution is 0.131. The Labute approximate surface area is 167 Å². The average Bonchev–Trinajstić information content (AvgIpc) is 3.14. The Morgan fingerprint density at radius 1 is 1.07 bits per heavy atom. The molecule has 0 unspecified atom stereocenters. The van der Waals surface area contributed by atoms with Crippen LogP contribution in [0.3, 0.4) is 0 Å². The van der Waals surface area contributed by atoms with E-state index in [0.29, 0.717) is 22.7 Å². The van der Waals surface area contributed by atoms with E-state index in [0.717, 1.165) is 5.56 Å². The number of pyridine rings is 1. The second-order valence-corrected chi connectivity index (χ2v) is 6.43. The van der Waals surface area contributed by atoms with Gasteiger partial charge in [0.2, 0.25) is 0 Å². The van der Waals surface area contributed by atoms with Crippen molar-refractivity contribution in [1.29, 1.82) is 0 Å². The zero-order chi connectivity index (χ0) is 20.2. The number of alkyl carbamates (subject to hydrolysis) is 1. The maximum atomic E-state index is 13.3. The molecule has 0 saturated carbocycles. The van der Waals surface area contributed by atoms with E-state index in [1.807, 2.05) is 30.3 Å². The third kappa shape index (κ3) is 4.19. The number of methoxy groups -OCH3 is 1. The highest BCUT2D eigenvalue weighted by Gasteiger charge is 2.37. The van der Waals surface area contributed by atoms with Gasteiger partial charge in [-0.1, -0.05) is 30.2 Å². The topological polar surface area (TPSA) is 60.5 Å². The van der Waals surface area contributed by atoms with Crippen LogP contribution in [0.1, 0.15) is 34.7 Å². The molecule has 6 heteroatoms. The van der Waals surface area contributed by atoms with Crippen molar-refractivity contribution in [2.75, 3.05) is 7.11 Å². The first-order valence-corrected chi connectivity index (χ1v) is 8.98. The van der Waals surface area contributed by atoms with Gasteiger partial charge in [-0.2, -0.15) is 0 Å². The monoisotopic (exact) mass is 388 g/mol. The highest BCUT2D eigenvalue weighted by atomic mass is 19.1. The van der Waals surface area contributed by atoms with E-state index in [1.54, 1.807) is 31.4 Å². The van der Waals surface area contributed by atoms with Crippen molar-refractivity contribution in [2.45, 2.75) is 12.1 Å². The number of rotatable bonds is 3.